The van der Waals surface area contributed by atoms with Crippen LogP contribution in [0.2, 0.25) is 0 Å². The van der Waals surface area contributed by atoms with Gasteiger partial charge in [-0.3, -0.25) is 0 Å². The largest absolute Gasteiger partial charge is 0.418 e. The number of alkyl halides is 3. The number of halogens is 3. The Balaban J connectivity index is 2.10. The molecule has 1 aromatic rings. The van der Waals surface area contributed by atoms with Gasteiger partial charge in [0.25, 0.3) is 0 Å². The monoisotopic (exact) mass is 246 g/mol. The molecule has 17 heavy (non-hydrogen) atoms. The molecule has 2 rings (SSSR count). The van der Waals surface area contributed by atoms with E-state index < -0.39 is 12.3 Å². The van der Waals surface area contributed by atoms with Crippen LogP contribution in [0.15, 0.2) is 24.3 Å². The Bertz CT molecular complexity index is 368. The van der Waals surface area contributed by atoms with Gasteiger partial charge in [-0.1, -0.05) is 29.8 Å². The van der Waals surface area contributed by atoms with E-state index in [1.807, 2.05) is 6.92 Å². The molecule has 2 nitrogen and oxygen atoms in total. The third-order valence-corrected chi connectivity index (χ3v) is 2.53. The third kappa shape index (κ3) is 3.44. The predicted octanol–water partition coefficient (Wildman–Crippen LogP) is 3.01. The van der Waals surface area contributed by atoms with E-state index in [2.05, 4.69) is 0 Å². The van der Waals surface area contributed by atoms with Crippen LogP contribution in [0.3, 0.4) is 0 Å². The molecule has 94 valence electrons. The number of hydrogen-bond donors (Lipinski definition) is 0. The number of benzene rings is 1. The summed E-state index contributed by atoms with van der Waals surface area (Å²) in [4.78, 5) is 0. The van der Waals surface area contributed by atoms with E-state index in [-0.39, 0.29) is 18.3 Å². The average molecular weight is 246 g/mol. The molecule has 0 amide bonds. The lowest BCUT2D eigenvalue weighted by Crippen LogP contribution is -2.25. The highest BCUT2D eigenvalue weighted by molar-refractivity contribution is 5.24. The number of rotatable bonds is 4. The molecule has 0 saturated carbocycles. The van der Waals surface area contributed by atoms with Crippen LogP contribution in [-0.2, 0) is 9.47 Å². The summed E-state index contributed by atoms with van der Waals surface area (Å²) in [6, 6.07) is 6.18. The van der Waals surface area contributed by atoms with Gasteiger partial charge in [0.05, 0.1) is 13.2 Å². The number of ether oxygens (including phenoxy) is 2. The lowest BCUT2D eigenvalue weighted by Gasteiger charge is -2.21. The van der Waals surface area contributed by atoms with Gasteiger partial charge in [-0.05, 0) is 12.5 Å². The van der Waals surface area contributed by atoms with Crippen LogP contribution in [-0.4, -0.2) is 25.5 Å². The van der Waals surface area contributed by atoms with Gasteiger partial charge in [0.1, 0.15) is 6.10 Å². The summed E-state index contributed by atoms with van der Waals surface area (Å²) in [5.74, 6) is 0. The summed E-state index contributed by atoms with van der Waals surface area (Å²) in [6.07, 6.45) is -6.44. The summed E-state index contributed by atoms with van der Waals surface area (Å²) >= 11 is 0. The van der Waals surface area contributed by atoms with Gasteiger partial charge in [-0.2, -0.15) is 13.2 Å². The van der Waals surface area contributed by atoms with Gasteiger partial charge in [0, 0.05) is 0 Å². The lowest BCUT2D eigenvalue weighted by atomic mass is 10.1. The van der Waals surface area contributed by atoms with Crippen molar-refractivity contribution in [1.29, 1.82) is 0 Å². The molecule has 1 fully saturated rings. The van der Waals surface area contributed by atoms with E-state index in [9.17, 15) is 13.2 Å². The first-order valence-corrected chi connectivity index (χ1v) is 5.33. The number of hydrogen-bond acceptors (Lipinski definition) is 2. The first kappa shape index (κ1) is 12.4. The maximum Gasteiger partial charge on any atom is 0.418 e. The molecule has 1 aliphatic rings. The normalized spacial score (nSPS) is 21.3. The number of aryl methyl sites for hydroxylation is 1. The highest BCUT2D eigenvalue weighted by Gasteiger charge is 2.42. The Labute approximate surface area is 97.3 Å². The van der Waals surface area contributed by atoms with E-state index in [0.717, 1.165) is 5.56 Å². The van der Waals surface area contributed by atoms with Crippen molar-refractivity contribution < 1.29 is 22.6 Å². The second kappa shape index (κ2) is 4.66. The van der Waals surface area contributed by atoms with Crippen molar-refractivity contribution in [3.8, 4) is 0 Å². The third-order valence-electron chi connectivity index (χ3n) is 2.53. The van der Waals surface area contributed by atoms with Crippen molar-refractivity contribution in [3.05, 3.63) is 35.4 Å². The van der Waals surface area contributed by atoms with Gasteiger partial charge in [0.15, 0.2) is 6.10 Å². The van der Waals surface area contributed by atoms with E-state index in [1.54, 1.807) is 12.1 Å². The average Bonchev–Trinajstić information content (AvgIpc) is 3.03. The summed E-state index contributed by atoms with van der Waals surface area (Å²) in [5, 5.41) is 0. The maximum atomic E-state index is 12.8. The minimum Gasteiger partial charge on any atom is -0.371 e. The highest BCUT2D eigenvalue weighted by Crippen LogP contribution is 2.36. The zero-order chi connectivity index (χ0) is 12.5. The van der Waals surface area contributed by atoms with Crippen LogP contribution in [0.4, 0.5) is 13.2 Å². The highest BCUT2D eigenvalue weighted by atomic mass is 19.4. The molecule has 2 atom stereocenters. The van der Waals surface area contributed by atoms with E-state index >= 15 is 0 Å². The Hall–Kier alpha value is -1.07. The minimum atomic E-state index is -4.40. The Kier molecular flexibility index (Phi) is 3.40. The second-order valence-electron chi connectivity index (χ2n) is 4.12. The molecule has 5 heteroatoms. The maximum absolute atomic E-state index is 12.8. The van der Waals surface area contributed by atoms with Crippen molar-refractivity contribution in [2.75, 3.05) is 13.2 Å². The smallest absolute Gasteiger partial charge is 0.371 e. The van der Waals surface area contributed by atoms with E-state index in [1.165, 1.54) is 12.1 Å². The Morgan fingerprint density at radius 2 is 1.94 bits per heavy atom. The van der Waals surface area contributed by atoms with Gasteiger partial charge >= 0.3 is 6.18 Å². The van der Waals surface area contributed by atoms with Crippen molar-refractivity contribution in [3.63, 3.8) is 0 Å². The van der Waals surface area contributed by atoms with Crippen LogP contribution in [0.1, 0.15) is 17.2 Å². The summed E-state index contributed by atoms with van der Waals surface area (Å²) < 4.78 is 48.2. The fourth-order valence-electron chi connectivity index (χ4n) is 1.49. The molecule has 0 bridgehead atoms. The quantitative estimate of drug-likeness (QED) is 0.762. The topological polar surface area (TPSA) is 21.8 Å². The molecular formula is C12H13F3O2. The van der Waals surface area contributed by atoms with Crippen molar-refractivity contribution in [2.24, 2.45) is 0 Å². The van der Waals surface area contributed by atoms with Gasteiger partial charge in [-0.25, -0.2) is 0 Å². The van der Waals surface area contributed by atoms with Crippen LogP contribution in [0.25, 0.3) is 0 Å². The predicted molar refractivity (Wildman–Crippen MR) is 55.7 cm³/mol. The van der Waals surface area contributed by atoms with Crippen LogP contribution in [0, 0.1) is 6.92 Å². The van der Waals surface area contributed by atoms with Crippen molar-refractivity contribution >= 4 is 0 Å². The molecule has 0 radical (unpaired) electrons. The minimum absolute atomic E-state index is 0.0158. The first-order chi connectivity index (χ1) is 7.97. The number of epoxide rings is 1. The SMILES string of the molecule is Cc1ccc([C@@H](OC[C@@H]2CO2)C(F)(F)F)cc1. The van der Waals surface area contributed by atoms with Gasteiger partial charge < -0.3 is 9.47 Å². The Morgan fingerprint density at radius 1 is 1.35 bits per heavy atom. The molecule has 1 saturated heterocycles. The lowest BCUT2D eigenvalue weighted by molar-refractivity contribution is -0.224. The Morgan fingerprint density at radius 3 is 2.41 bits per heavy atom. The van der Waals surface area contributed by atoms with Crippen LogP contribution >= 0.6 is 0 Å². The fraction of sp³-hybridized carbons (Fsp3) is 0.500. The van der Waals surface area contributed by atoms with Crippen LogP contribution in [0.5, 0.6) is 0 Å². The standard InChI is InChI=1S/C12H13F3O2/c1-8-2-4-9(5-3-8)11(12(13,14)15)17-7-10-6-16-10/h2-5,10-11H,6-7H2,1H3/t10-,11+/m0/s1. The zero-order valence-electron chi connectivity index (χ0n) is 9.33. The first-order valence-electron chi connectivity index (χ1n) is 5.33. The molecule has 1 heterocycles. The van der Waals surface area contributed by atoms with Gasteiger partial charge in [0.2, 0.25) is 0 Å². The molecule has 0 aromatic heterocycles. The van der Waals surface area contributed by atoms with Crippen molar-refractivity contribution in [2.45, 2.75) is 25.3 Å². The van der Waals surface area contributed by atoms with Crippen LogP contribution < -0.4 is 0 Å². The van der Waals surface area contributed by atoms with Crippen molar-refractivity contribution in [1.82, 2.24) is 0 Å². The molecule has 0 aliphatic carbocycles. The molecular weight excluding hydrogens is 233 g/mol. The summed E-state index contributed by atoms with van der Waals surface area (Å²) in [7, 11) is 0. The molecule has 0 N–H and O–H groups in total. The van der Waals surface area contributed by atoms with Gasteiger partial charge in [-0.15, -0.1) is 0 Å². The summed E-state index contributed by atoms with van der Waals surface area (Å²) in [5.41, 5.74) is 1.05. The summed E-state index contributed by atoms with van der Waals surface area (Å²) in [6.45, 7) is 2.29. The fourth-order valence-corrected chi connectivity index (χ4v) is 1.49. The molecule has 1 aromatic carbocycles. The van der Waals surface area contributed by atoms with E-state index in [0.29, 0.717) is 6.61 Å². The van der Waals surface area contributed by atoms with E-state index in [4.69, 9.17) is 9.47 Å². The zero-order valence-corrected chi connectivity index (χ0v) is 9.33. The molecule has 0 spiro atoms. The molecule has 1 aliphatic heterocycles. The molecule has 0 unspecified atom stereocenters. The second-order valence-corrected chi connectivity index (χ2v) is 4.12.